The maximum atomic E-state index is 11.8. The summed E-state index contributed by atoms with van der Waals surface area (Å²) in [5, 5.41) is 5.97. The van der Waals surface area contributed by atoms with Gasteiger partial charge in [0.2, 0.25) is 0 Å². The molecule has 0 aliphatic heterocycles. The zero-order valence-corrected chi connectivity index (χ0v) is 12.8. The third kappa shape index (κ3) is 4.90. The van der Waals surface area contributed by atoms with Gasteiger partial charge in [-0.15, -0.1) is 0 Å². The van der Waals surface area contributed by atoms with Crippen LogP contribution in [0.15, 0.2) is 54.6 Å². The Morgan fingerprint density at radius 3 is 2.50 bits per heavy atom. The van der Waals surface area contributed by atoms with Gasteiger partial charge in [0, 0.05) is 18.7 Å². The minimum Gasteiger partial charge on any atom is -0.483 e. The normalized spacial score (nSPS) is 10.2. The number of hydrogen-bond acceptors (Lipinski definition) is 3. The van der Waals surface area contributed by atoms with Crippen molar-refractivity contribution < 1.29 is 9.53 Å². The minimum atomic E-state index is -0.110. The number of carbonyl (C=O) groups excluding carboxylic acids is 1. The number of para-hydroxylation sites is 1. The van der Waals surface area contributed by atoms with Crippen molar-refractivity contribution in [1.29, 1.82) is 0 Å². The lowest BCUT2D eigenvalue weighted by molar-refractivity contribution is -0.123. The van der Waals surface area contributed by atoms with Gasteiger partial charge in [-0.3, -0.25) is 4.79 Å². The monoisotopic (exact) mass is 298 g/mol. The first kappa shape index (κ1) is 16.0. The summed E-state index contributed by atoms with van der Waals surface area (Å²) in [6.07, 6.45) is 0. The van der Waals surface area contributed by atoms with Crippen LogP contribution in [0.3, 0.4) is 0 Å². The second-order valence-corrected chi connectivity index (χ2v) is 4.85. The van der Waals surface area contributed by atoms with Crippen molar-refractivity contribution in [3.63, 3.8) is 0 Å². The molecule has 4 heteroatoms. The van der Waals surface area contributed by atoms with Crippen LogP contribution < -0.4 is 15.4 Å². The van der Waals surface area contributed by atoms with Gasteiger partial charge in [-0.2, -0.15) is 0 Å². The van der Waals surface area contributed by atoms with Gasteiger partial charge in [-0.25, -0.2) is 0 Å². The molecule has 0 aliphatic carbocycles. The summed E-state index contributed by atoms with van der Waals surface area (Å²) in [4.78, 5) is 11.8. The number of nitrogens with one attached hydrogen (secondary N) is 2. The average Bonchev–Trinajstić information content (AvgIpc) is 2.58. The van der Waals surface area contributed by atoms with Crippen LogP contribution in [-0.2, 0) is 4.79 Å². The summed E-state index contributed by atoms with van der Waals surface area (Å²) < 4.78 is 5.68. The molecule has 0 radical (unpaired) electrons. The van der Waals surface area contributed by atoms with Crippen LogP contribution in [0.25, 0.3) is 11.1 Å². The van der Waals surface area contributed by atoms with Gasteiger partial charge in [0.05, 0.1) is 0 Å². The van der Waals surface area contributed by atoms with E-state index in [1.807, 2.05) is 61.5 Å². The predicted octanol–water partition coefficient (Wildman–Crippen LogP) is 2.46. The second kappa shape index (κ2) is 8.85. The summed E-state index contributed by atoms with van der Waals surface area (Å²) in [6, 6.07) is 17.7. The van der Waals surface area contributed by atoms with E-state index in [0.29, 0.717) is 6.54 Å². The third-order valence-electron chi connectivity index (χ3n) is 3.20. The molecular weight excluding hydrogens is 276 g/mol. The van der Waals surface area contributed by atoms with Crippen molar-refractivity contribution in [3.05, 3.63) is 54.6 Å². The molecule has 2 aromatic carbocycles. The molecule has 0 unspecified atom stereocenters. The highest BCUT2D eigenvalue weighted by Gasteiger charge is 2.07. The van der Waals surface area contributed by atoms with E-state index in [-0.39, 0.29) is 12.5 Å². The molecule has 0 fully saturated rings. The van der Waals surface area contributed by atoms with Crippen LogP contribution in [0, 0.1) is 0 Å². The summed E-state index contributed by atoms with van der Waals surface area (Å²) >= 11 is 0. The molecule has 0 heterocycles. The summed E-state index contributed by atoms with van der Waals surface area (Å²) in [5.41, 5.74) is 2.06. The van der Waals surface area contributed by atoms with Crippen LogP contribution >= 0.6 is 0 Å². The van der Waals surface area contributed by atoms with E-state index in [1.54, 1.807) is 0 Å². The Morgan fingerprint density at radius 2 is 1.73 bits per heavy atom. The van der Waals surface area contributed by atoms with E-state index in [0.717, 1.165) is 30.0 Å². The zero-order valence-electron chi connectivity index (χ0n) is 12.8. The van der Waals surface area contributed by atoms with Crippen LogP contribution in [-0.4, -0.2) is 32.1 Å². The minimum absolute atomic E-state index is 0.0238. The van der Waals surface area contributed by atoms with Gasteiger partial charge in [0.15, 0.2) is 6.61 Å². The molecule has 4 nitrogen and oxygen atoms in total. The van der Waals surface area contributed by atoms with Crippen molar-refractivity contribution >= 4 is 5.91 Å². The predicted molar refractivity (Wildman–Crippen MR) is 88.9 cm³/mol. The van der Waals surface area contributed by atoms with Gasteiger partial charge < -0.3 is 15.4 Å². The van der Waals surface area contributed by atoms with Gasteiger partial charge in [-0.05, 0) is 18.2 Å². The zero-order chi connectivity index (χ0) is 15.6. The molecule has 0 atom stereocenters. The van der Waals surface area contributed by atoms with Gasteiger partial charge in [0.25, 0.3) is 5.91 Å². The highest BCUT2D eigenvalue weighted by atomic mass is 16.5. The van der Waals surface area contributed by atoms with Crippen molar-refractivity contribution in [2.45, 2.75) is 6.92 Å². The fourth-order valence-electron chi connectivity index (χ4n) is 2.11. The first-order valence-corrected chi connectivity index (χ1v) is 7.56. The van der Waals surface area contributed by atoms with Crippen molar-refractivity contribution in [1.82, 2.24) is 10.6 Å². The average molecular weight is 298 g/mol. The molecule has 0 spiro atoms. The van der Waals surface area contributed by atoms with Gasteiger partial charge in [-0.1, -0.05) is 55.5 Å². The van der Waals surface area contributed by atoms with Gasteiger partial charge in [0.1, 0.15) is 5.75 Å². The van der Waals surface area contributed by atoms with Gasteiger partial charge >= 0.3 is 0 Å². The van der Waals surface area contributed by atoms with E-state index in [4.69, 9.17) is 4.74 Å². The van der Waals surface area contributed by atoms with Crippen LogP contribution in [0.2, 0.25) is 0 Å². The lowest BCUT2D eigenvalue weighted by Crippen LogP contribution is -2.34. The number of likely N-dealkylation sites (N-methyl/N-ethyl adjacent to an activating group) is 1. The van der Waals surface area contributed by atoms with E-state index >= 15 is 0 Å². The van der Waals surface area contributed by atoms with E-state index in [9.17, 15) is 4.79 Å². The van der Waals surface area contributed by atoms with E-state index in [2.05, 4.69) is 10.6 Å². The topological polar surface area (TPSA) is 50.4 Å². The molecule has 22 heavy (non-hydrogen) atoms. The van der Waals surface area contributed by atoms with Crippen LogP contribution in [0.4, 0.5) is 0 Å². The third-order valence-corrected chi connectivity index (χ3v) is 3.20. The SMILES string of the molecule is CCNCCNC(=O)COc1ccccc1-c1ccccc1. The molecule has 2 aromatic rings. The quantitative estimate of drug-likeness (QED) is 0.736. The Labute approximate surface area is 131 Å². The van der Waals surface area contributed by atoms with Crippen molar-refractivity contribution in [3.8, 4) is 16.9 Å². The fourth-order valence-corrected chi connectivity index (χ4v) is 2.11. The standard InChI is InChI=1S/C18H22N2O2/c1-2-19-12-13-20-18(21)14-22-17-11-7-6-10-16(17)15-8-4-3-5-9-15/h3-11,19H,2,12-14H2,1H3,(H,20,21). The largest absolute Gasteiger partial charge is 0.483 e. The molecule has 0 bridgehead atoms. The smallest absolute Gasteiger partial charge is 0.257 e. The summed E-state index contributed by atoms with van der Waals surface area (Å²) in [5.74, 6) is 0.608. The molecule has 2 rings (SSSR count). The Bertz CT molecular complexity index is 585. The molecule has 0 saturated heterocycles. The molecule has 116 valence electrons. The van der Waals surface area contributed by atoms with Crippen LogP contribution in [0.5, 0.6) is 5.75 Å². The molecule has 1 amide bonds. The second-order valence-electron chi connectivity index (χ2n) is 4.85. The van der Waals surface area contributed by atoms with Crippen molar-refractivity contribution in [2.24, 2.45) is 0 Å². The first-order valence-electron chi connectivity index (χ1n) is 7.56. The Hall–Kier alpha value is -2.33. The van der Waals surface area contributed by atoms with E-state index in [1.165, 1.54) is 0 Å². The Morgan fingerprint density at radius 1 is 1.00 bits per heavy atom. The maximum Gasteiger partial charge on any atom is 0.257 e. The molecular formula is C18H22N2O2. The Balaban J connectivity index is 1.92. The number of benzene rings is 2. The number of carbonyl (C=O) groups is 1. The maximum absolute atomic E-state index is 11.8. The molecule has 0 aliphatic rings. The first-order chi connectivity index (χ1) is 10.8. The highest BCUT2D eigenvalue weighted by Crippen LogP contribution is 2.29. The van der Waals surface area contributed by atoms with Crippen molar-refractivity contribution in [2.75, 3.05) is 26.2 Å². The van der Waals surface area contributed by atoms with E-state index < -0.39 is 0 Å². The highest BCUT2D eigenvalue weighted by molar-refractivity contribution is 5.78. The summed E-state index contributed by atoms with van der Waals surface area (Å²) in [6.45, 7) is 4.33. The number of rotatable bonds is 8. The molecule has 0 saturated carbocycles. The lowest BCUT2D eigenvalue weighted by Gasteiger charge is -2.12. The Kier molecular flexibility index (Phi) is 6.45. The number of hydrogen-bond donors (Lipinski definition) is 2. The summed E-state index contributed by atoms with van der Waals surface area (Å²) in [7, 11) is 0. The van der Waals surface area contributed by atoms with Crippen LogP contribution in [0.1, 0.15) is 6.92 Å². The number of ether oxygens (including phenoxy) is 1. The molecule has 0 aromatic heterocycles. The molecule has 2 N–H and O–H groups in total. The fraction of sp³-hybridized carbons (Fsp3) is 0.278. The number of amides is 1. The lowest BCUT2D eigenvalue weighted by atomic mass is 10.1.